The number of aromatic nitrogens is 3. The number of nitrogens with zero attached hydrogens (tertiary/aromatic N) is 4. The monoisotopic (exact) mass is 370 g/mol. The van der Waals surface area contributed by atoms with Gasteiger partial charge >= 0.3 is 0 Å². The Bertz CT molecular complexity index is 751. The lowest BCUT2D eigenvalue weighted by atomic mass is 9.96. The van der Waals surface area contributed by atoms with Gasteiger partial charge in [0.05, 0.1) is 6.61 Å². The SMILES string of the molecule is COCCNC(=NCc1nnc(C)n1C)NCC1(Cc2ccccc2)CC1. The van der Waals surface area contributed by atoms with E-state index in [1.807, 2.05) is 18.5 Å². The Morgan fingerprint density at radius 2 is 2.00 bits per heavy atom. The number of benzene rings is 1. The van der Waals surface area contributed by atoms with E-state index >= 15 is 0 Å². The summed E-state index contributed by atoms with van der Waals surface area (Å²) in [5.41, 5.74) is 1.74. The molecular formula is C20H30N6O. The quantitative estimate of drug-likeness (QED) is 0.400. The number of hydrogen-bond acceptors (Lipinski definition) is 4. The smallest absolute Gasteiger partial charge is 0.191 e. The maximum atomic E-state index is 5.14. The van der Waals surface area contributed by atoms with Crippen molar-refractivity contribution in [3.63, 3.8) is 0 Å². The maximum absolute atomic E-state index is 5.14. The van der Waals surface area contributed by atoms with E-state index in [2.05, 4.69) is 51.2 Å². The van der Waals surface area contributed by atoms with Gasteiger partial charge in [0.2, 0.25) is 0 Å². The van der Waals surface area contributed by atoms with Gasteiger partial charge < -0.3 is 19.9 Å². The minimum atomic E-state index is 0.340. The average molecular weight is 371 g/mol. The van der Waals surface area contributed by atoms with E-state index in [1.54, 1.807) is 7.11 Å². The van der Waals surface area contributed by atoms with Crippen LogP contribution in [0.3, 0.4) is 0 Å². The normalized spacial score (nSPS) is 15.6. The molecule has 1 fully saturated rings. The van der Waals surface area contributed by atoms with Crippen LogP contribution in [-0.2, 0) is 24.8 Å². The zero-order chi connectivity index (χ0) is 19.1. The van der Waals surface area contributed by atoms with E-state index in [-0.39, 0.29) is 0 Å². The fourth-order valence-corrected chi connectivity index (χ4v) is 3.08. The molecule has 2 N–H and O–H groups in total. The van der Waals surface area contributed by atoms with Crippen molar-refractivity contribution < 1.29 is 4.74 Å². The van der Waals surface area contributed by atoms with Crippen LogP contribution in [-0.4, -0.2) is 47.5 Å². The van der Waals surface area contributed by atoms with Gasteiger partial charge in [0, 0.05) is 27.2 Å². The molecule has 1 heterocycles. The van der Waals surface area contributed by atoms with Crippen LogP contribution in [0.25, 0.3) is 0 Å². The van der Waals surface area contributed by atoms with Crippen LogP contribution < -0.4 is 10.6 Å². The molecule has 0 amide bonds. The molecule has 1 aromatic carbocycles. The molecule has 146 valence electrons. The number of nitrogens with one attached hydrogen (secondary N) is 2. The third kappa shape index (κ3) is 5.53. The summed E-state index contributed by atoms with van der Waals surface area (Å²) in [6.07, 6.45) is 3.61. The van der Waals surface area contributed by atoms with E-state index in [0.717, 1.165) is 30.6 Å². The van der Waals surface area contributed by atoms with Crippen LogP contribution in [0, 0.1) is 12.3 Å². The van der Waals surface area contributed by atoms with Gasteiger partial charge in [0.15, 0.2) is 11.8 Å². The molecule has 7 nitrogen and oxygen atoms in total. The van der Waals surface area contributed by atoms with Crippen molar-refractivity contribution >= 4 is 5.96 Å². The summed E-state index contributed by atoms with van der Waals surface area (Å²) in [7, 11) is 3.66. The van der Waals surface area contributed by atoms with Crippen LogP contribution >= 0.6 is 0 Å². The topological polar surface area (TPSA) is 76.4 Å². The molecule has 0 saturated heterocycles. The average Bonchev–Trinajstić information content (AvgIpc) is 3.37. The lowest BCUT2D eigenvalue weighted by molar-refractivity contribution is 0.203. The minimum absolute atomic E-state index is 0.340. The molecule has 1 aromatic heterocycles. The molecular weight excluding hydrogens is 340 g/mol. The first-order valence-electron chi connectivity index (χ1n) is 9.52. The van der Waals surface area contributed by atoms with Crippen LogP contribution in [0.2, 0.25) is 0 Å². The zero-order valence-electron chi connectivity index (χ0n) is 16.5. The Morgan fingerprint density at radius 1 is 1.22 bits per heavy atom. The Balaban J connectivity index is 1.59. The molecule has 1 aliphatic carbocycles. The van der Waals surface area contributed by atoms with Gasteiger partial charge in [-0.1, -0.05) is 30.3 Å². The Morgan fingerprint density at radius 3 is 2.63 bits per heavy atom. The second kappa shape index (κ2) is 8.99. The number of ether oxygens (including phenoxy) is 1. The predicted octanol–water partition coefficient (Wildman–Crippen LogP) is 1.83. The fourth-order valence-electron chi connectivity index (χ4n) is 3.08. The molecule has 0 aliphatic heterocycles. The molecule has 1 aliphatic rings. The Labute approximate surface area is 161 Å². The van der Waals surface area contributed by atoms with Crippen molar-refractivity contribution in [1.29, 1.82) is 0 Å². The standard InChI is InChI=1S/C20H30N6O/c1-16-24-25-18(26(16)2)14-22-19(21-11-12-27-3)23-15-20(9-10-20)13-17-7-5-4-6-8-17/h4-8H,9-15H2,1-3H3,(H2,21,22,23). The molecule has 0 atom stereocenters. The summed E-state index contributed by atoms with van der Waals surface area (Å²) in [5.74, 6) is 2.54. The zero-order valence-corrected chi connectivity index (χ0v) is 16.5. The molecule has 27 heavy (non-hydrogen) atoms. The van der Waals surface area contributed by atoms with Crippen molar-refractivity contribution in [1.82, 2.24) is 25.4 Å². The summed E-state index contributed by atoms with van der Waals surface area (Å²) in [4.78, 5) is 4.69. The minimum Gasteiger partial charge on any atom is -0.383 e. The number of methoxy groups -OCH3 is 1. The number of aryl methyl sites for hydroxylation is 1. The largest absolute Gasteiger partial charge is 0.383 e. The molecule has 0 radical (unpaired) electrons. The van der Waals surface area contributed by atoms with Crippen LogP contribution in [0.5, 0.6) is 0 Å². The first kappa shape index (κ1) is 19.4. The van der Waals surface area contributed by atoms with Gasteiger partial charge in [-0.05, 0) is 37.2 Å². The van der Waals surface area contributed by atoms with Gasteiger partial charge in [-0.2, -0.15) is 0 Å². The summed E-state index contributed by atoms with van der Waals surface area (Å²) in [5, 5.41) is 15.1. The summed E-state index contributed by atoms with van der Waals surface area (Å²) in [6, 6.07) is 10.7. The number of rotatable bonds is 9. The maximum Gasteiger partial charge on any atom is 0.191 e. The Kier molecular flexibility index (Phi) is 6.45. The molecule has 0 bridgehead atoms. The van der Waals surface area contributed by atoms with Crippen molar-refractivity contribution in [3.8, 4) is 0 Å². The summed E-state index contributed by atoms with van der Waals surface area (Å²) in [6.45, 7) is 4.70. The number of guanidine groups is 1. The molecule has 3 rings (SSSR count). The molecule has 0 unspecified atom stereocenters. The van der Waals surface area contributed by atoms with E-state index in [9.17, 15) is 0 Å². The highest BCUT2D eigenvalue weighted by molar-refractivity contribution is 5.79. The van der Waals surface area contributed by atoms with Gasteiger partial charge in [0.1, 0.15) is 12.4 Å². The summed E-state index contributed by atoms with van der Waals surface area (Å²) < 4.78 is 7.11. The van der Waals surface area contributed by atoms with Crippen molar-refractivity contribution in [2.45, 2.75) is 32.7 Å². The molecule has 7 heteroatoms. The molecule has 2 aromatic rings. The van der Waals surface area contributed by atoms with Crippen molar-refractivity contribution in [3.05, 3.63) is 47.5 Å². The fraction of sp³-hybridized carbons (Fsp3) is 0.550. The van der Waals surface area contributed by atoms with Gasteiger partial charge in [0.25, 0.3) is 0 Å². The number of hydrogen-bond donors (Lipinski definition) is 2. The van der Waals surface area contributed by atoms with Crippen LogP contribution in [0.1, 0.15) is 30.1 Å². The third-order valence-electron chi connectivity index (χ3n) is 5.17. The second-order valence-corrected chi connectivity index (χ2v) is 7.32. The third-order valence-corrected chi connectivity index (χ3v) is 5.17. The van der Waals surface area contributed by atoms with E-state index in [0.29, 0.717) is 25.1 Å². The van der Waals surface area contributed by atoms with E-state index in [4.69, 9.17) is 9.73 Å². The predicted molar refractivity (Wildman–Crippen MR) is 107 cm³/mol. The van der Waals surface area contributed by atoms with Gasteiger partial charge in [-0.25, -0.2) is 4.99 Å². The van der Waals surface area contributed by atoms with E-state index < -0.39 is 0 Å². The van der Waals surface area contributed by atoms with Crippen LogP contribution in [0.4, 0.5) is 0 Å². The lowest BCUT2D eigenvalue weighted by Crippen LogP contribution is -2.42. The molecule has 1 saturated carbocycles. The van der Waals surface area contributed by atoms with Gasteiger partial charge in [-0.15, -0.1) is 10.2 Å². The summed E-state index contributed by atoms with van der Waals surface area (Å²) >= 11 is 0. The molecule has 0 spiro atoms. The highest BCUT2D eigenvalue weighted by Gasteiger charge is 2.42. The number of aliphatic imine (C=N–C) groups is 1. The van der Waals surface area contributed by atoms with Crippen molar-refractivity contribution in [2.24, 2.45) is 17.5 Å². The first-order chi connectivity index (χ1) is 13.1. The van der Waals surface area contributed by atoms with Crippen LogP contribution in [0.15, 0.2) is 35.3 Å². The highest BCUT2D eigenvalue weighted by Crippen LogP contribution is 2.47. The van der Waals surface area contributed by atoms with E-state index in [1.165, 1.54) is 18.4 Å². The second-order valence-electron chi connectivity index (χ2n) is 7.32. The van der Waals surface area contributed by atoms with Crippen molar-refractivity contribution in [2.75, 3.05) is 26.8 Å². The first-order valence-corrected chi connectivity index (χ1v) is 9.52. The van der Waals surface area contributed by atoms with Gasteiger partial charge in [-0.3, -0.25) is 0 Å². The highest BCUT2D eigenvalue weighted by atomic mass is 16.5. The lowest BCUT2D eigenvalue weighted by Gasteiger charge is -2.19. The Hall–Kier alpha value is -2.41.